The number of anilines is 3. The molecule has 5 heterocycles. The summed E-state index contributed by atoms with van der Waals surface area (Å²) in [5, 5.41) is 16.7. The van der Waals surface area contributed by atoms with Crippen molar-refractivity contribution in [1.29, 1.82) is 0 Å². The van der Waals surface area contributed by atoms with Gasteiger partial charge in [0.1, 0.15) is 0 Å². The van der Waals surface area contributed by atoms with Crippen molar-refractivity contribution in [2.24, 2.45) is 0 Å². The van der Waals surface area contributed by atoms with Crippen LogP contribution in [0.15, 0.2) is 41.8 Å². The van der Waals surface area contributed by atoms with Gasteiger partial charge in [0.2, 0.25) is 11.6 Å². The Balaban J connectivity index is 1.34. The summed E-state index contributed by atoms with van der Waals surface area (Å²) in [6, 6.07) is 5.01. The standard InChI is InChI=1S/C23H27N9O2S/c1-4-16-13-24-23(25-14-16)31-11-8-17(9-12-31)21-29-30-22-19(7-10-26-32(21)22)28-18-5-6-20(27-15(18)2)35(3,33)34/h5-7,10,13-14,17,28H,4,8-9,11-12H2,1-3H3. The number of aromatic nitrogens is 7. The highest BCUT2D eigenvalue weighted by atomic mass is 32.2. The summed E-state index contributed by atoms with van der Waals surface area (Å²) in [6.07, 6.45) is 9.35. The van der Waals surface area contributed by atoms with E-state index < -0.39 is 9.84 Å². The van der Waals surface area contributed by atoms with Gasteiger partial charge in [-0.2, -0.15) is 9.61 Å². The average molecular weight is 494 g/mol. The van der Waals surface area contributed by atoms with Gasteiger partial charge in [-0.25, -0.2) is 23.4 Å². The zero-order valence-corrected chi connectivity index (χ0v) is 20.7. The van der Waals surface area contributed by atoms with Gasteiger partial charge < -0.3 is 10.2 Å². The van der Waals surface area contributed by atoms with Crippen molar-refractivity contribution in [2.45, 2.75) is 44.1 Å². The average Bonchev–Trinajstić information content (AvgIpc) is 3.30. The summed E-state index contributed by atoms with van der Waals surface area (Å²) < 4.78 is 25.4. The summed E-state index contributed by atoms with van der Waals surface area (Å²) in [5.74, 6) is 1.81. The Kier molecular flexibility index (Phi) is 6.05. The molecule has 0 aromatic carbocycles. The Morgan fingerprint density at radius 1 is 1.06 bits per heavy atom. The van der Waals surface area contributed by atoms with Gasteiger partial charge in [0, 0.05) is 37.7 Å². The molecule has 0 unspecified atom stereocenters. The molecule has 35 heavy (non-hydrogen) atoms. The molecule has 4 aromatic rings. The Labute approximate surface area is 203 Å². The molecule has 0 atom stereocenters. The van der Waals surface area contributed by atoms with Crippen LogP contribution in [0.3, 0.4) is 0 Å². The maximum Gasteiger partial charge on any atom is 0.225 e. The molecule has 1 aliphatic heterocycles. The second-order valence-corrected chi connectivity index (χ2v) is 10.7. The maximum absolute atomic E-state index is 11.8. The van der Waals surface area contributed by atoms with Crippen LogP contribution < -0.4 is 10.2 Å². The van der Waals surface area contributed by atoms with Crippen molar-refractivity contribution >= 4 is 32.8 Å². The van der Waals surface area contributed by atoms with Gasteiger partial charge in [-0.15, -0.1) is 10.2 Å². The summed E-state index contributed by atoms with van der Waals surface area (Å²) in [6.45, 7) is 5.52. The number of fused-ring (bicyclic) bond motifs is 1. The molecular formula is C23H27N9O2S. The van der Waals surface area contributed by atoms with E-state index in [1.807, 2.05) is 18.5 Å². The molecule has 5 rings (SSSR count). The highest BCUT2D eigenvalue weighted by Gasteiger charge is 2.27. The van der Waals surface area contributed by atoms with E-state index in [-0.39, 0.29) is 10.9 Å². The first-order valence-corrected chi connectivity index (χ1v) is 13.4. The number of nitrogens with zero attached hydrogens (tertiary/aromatic N) is 8. The highest BCUT2D eigenvalue weighted by Crippen LogP contribution is 2.30. The fourth-order valence-corrected chi connectivity index (χ4v) is 4.85. The summed E-state index contributed by atoms with van der Waals surface area (Å²) in [5.41, 5.74) is 3.72. The predicted molar refractivity (Wildman–Crippen MR) is 132 cm³/mol. The predicted octanol–water partition coefficient (Wildman–Crippen LogP) is 2.71. The molecule has 1 N–H and O–H groups in total. The first-order valence-electron chi connectivity index (χ1n) is 11.5. The molecule has 11 nitrogen and oxygen atoms in total. The van der Waals surface area contributed by atoms with Crippen LogP contribution in [0.2, 0.25) is 0 Å². The molecule has 0 spiro atoms. The minimum Gasteiger partial charge on any atom is -0.351 e. The van der Waals surface area contributed by atoms with Crippen LogP contribution in [0.25, 0.3) is 5.65 Å². The van der Waals surface area contributed by atoms with E-state index in [1.165, 1.54) is 6.07 Å². The maximum atomic E-state index is 11.8. The normalized spacial score (nSPS) is 15.0. The molecule has 1 fully saturated rings. The van der Waals surface area contributed by atoms with Crippen molar-refractivity contribution in [2.75, 3.05) is 29.6 Å². The third kappa shape index (κ3) is 4.65. The smallest absolute Gasteiger partial charge is 0.225 e. The zero-order chi connectivity index (χ0) is 24.6. The SMILES string of the molecule is CCc1cnc(N2CCC(c3nnc4c(Nc5ccc(S(C)(=O)=O)nc5C)ccnn34)CC2)nc1. The van der Waals surface area contributed by atoms with Crippen LogP contribution in [-0.2, 0) is 16.3 Å². The lowest BCUT2D eigenvalue weighted by molar-refractivity contribution is 0.472. The molecule has 1 aliphatic rings. The molecule has 0 radical (unpaired) electrons. The van der Waals surface area contributed by atoms with E-state index in [0.717, 1.165) is 61.6 Å². The number of aryl methyl sites for hydroxylation is 2. The zero-order valence-electron chi connectivity index (χ0n) is 19.9. The molecule has 0 bridgehead atoms. The van der Waals surface area contributed by atoms with Crippen LogP contribution in [-0.4, -0.2) is 62.5 Å². The lowest BCUT2D eigenvalue weighted by atomic mass is 9.96. The molecule has 4 aromatic heterocycles. The third-order valence-corrected chi connectivity index (χ3v) is 7.27. The number of pyridine rings is 1. The number of hydrogen-bond acceptors (Lipinski definition) is 10. The van der Waals surface area contributed by atoms with Crippen LogP contribution in [0, 0.1) is 6.92 Å². The van der Waals surface area contributed by atoms with Crippen LogP contribution in [0.4, 0.5) is 17.3 Å². The molecule has 12 heteroatoms. The van der Waals surface area contributed by atoms with Gasteiger partial charge in [0.15, 0.2) is 20.7 Å². The number of rotatable bonds is 6. The van der Waals surface area contributed by atoms with E-state index in [1.54, 1.807) is 23.7 Å². The second kappa shape index (κ2) is 9.17. The molecule has 0 aliphatic carbocycles. The fraction of sp³-hybridized carbons (Fsp3) is 0.391. The van der Waals surface area contributed by atoms with Crippen molar-refractivity contribution in [3.8, 4) is 0 Å². The van der Waals surface area contributed by atoms with Gasteiger partial charge >= 0.3 is 0 Å². The van der Waals surface area contributed by atoms with E-state index in [2.05, 4.69) is 47.4 Å². The largest absolute Gasteiger partial charge is 0.351 e. The minimum absolute atomic E-state index is 0.0447. The van der Waals surface area contributed by atoms with E-state index in [4.69, 9.17) is 0 Å². The number of piperidine rings is 1. The summed E-state index contributed by atoms with van der Waals surface area (Å²) >= 11 is 0. The van der Waals surface area contributed by atoms with Gasteiger partial charge in [0.25, 0.3) is 0 Å². The van der Waals surface area contributed by atoms with Crippen molar-refractivity contribution in [3.63, 3.8) is 0 Å². The third-order valence-electron chi connectivity index (χ3n) is 6.28. The highest BCUT2D eigenvalue weighted by molar-refractivity contribution is 7.90. The molecule has 1 saturated heterocycles. The minimum atomic E-state index is -3.37. The molecule has 182 valence electrons. The van der Waals surface area contributed by atoms with E-state index in [0.29, 0.717) is 17.0 Å². The van der Waals surface area contributed by atoms with Crippen molar-refractivity contribution in [3.05, 3.63) is 53.9 Å². The lowest BCUT2D eigenvalue weighted by Gasteiger charge is -2.31. The van der Waals surface area contributed by atoms with Gasteiger partial charge in [-0.3, -0.25) is 0 Å². The molecule has 0 saturated carbocycles. The first-order chi connectivity index (χ1) is 16.8. The molecule has 0 amide bonds. The van der Waals surface area contributed by atoms with Crippen molar-refractivity contribution < 1.29 is 8.42 Å². The second-order valence-electron chi connectivity index (χ2n) is 8.72. The number of hydrogen-bond donors (Lipinski definition) is 1. The Hall–Kier alpha value is -3.67. The summed E-state index contributed by atoms with van der Waals surface area (Å²) in [7, 11) is -3.37. The number of nitrogens with one attached hydrogen (secondary N) is 1. The summed E-state index contributed by atoms with van der Waals surface area (Å²) in [4.78, 5) is 15.4. The van der Waals surface area contributed by atoms with Gasteiger partial charge in [0.05, 0.1) is 23.3 Å². The Morgan fingerprint density at radius 2 is 1.80 bits per heavy atom. The van der Waals surface area contributed by atoms with Gasteiger partial charge in [-0.1, -0.05) is 6.92 Å². The first kappa shape index (κ1) is 23.1. The van der Waals surface area contributed by atoms with Crippen LogP contribution >= 0.6 is 0 Å². The topological polar surface area (TPSA) is 131 Å². The fourth-order valence-electron chi connectivity index (χ4n) is 4.23. The van der Waals surface area contributed by atoms with Gasteiger partial charge in [-0.05, 0) is 49.9 Å². The van der Waals surface area contributed by atoms with E-state index in [9.17, 15) is 8.42 Å². The Bertz CT molecular complexity index is 1460. The lowest BCUT2D eigenvalue weighted by Crippen LogP contribution is -2.34. The molecular weight excluding hydrogens is 466 g/mol. The quantitative estimate of drug-likeness (QED) is 0.428. The number of sulfone groups is 1. The Morgan fingerprint density at radius 3 is 2.46 bits per heavy atom. The monoisotopic (exact) mass is 493 g/mol. The van der Waals surface area contributed by atoms with E-state index >= 15 is 0 Å². The van der Waals surface area contributed by atoms with Crippen LogP contribution in [0.1, 0.15) is 42.8 Å². The van der Waals surface area contributed by atoms with Crippen LogP contribution in [0.5, 0.6) is 0 Å². The van der Waals surface area contributed by atoms with Crippen molar-refractivity contribution in [1.82, 2.24) is 34.8 Å².